The van der Waals surface area contributed by atoms with Crippen LogP contribution in [0.3, 0.4) is 0 Å². The van der Waals surface area contributed by atoms with Crippen LogP contribution in [0.5, 0.6) is 0 Å². The van der Waals surface area contributed by atoms with Gasteiger partial charge in [-0.15, -0.1) is 0 Å². The van der Waals surface area contributed by atoms with Gasteiger partial charge in [-0.1, -0.05) is 79.2 Å². The third-order valence-corrected chi connectivity index (χ3v) is 4.02. The van der Waals surface area contributed by atoms with Crippen molar-refractivity contribution in [3.05, 3.63) is 83.9 Å². The van der Waals surface area contributed by atoms with E-state index in [0.717, 1.165) is 37.8 Å². The van der Waals surface area contributed by atoms with E-state index >= 15 is 0 Å². The van der Waals surface area contributed by atoms with Crippen molar-refractivity contribution >= 4 is 24.6 Å². The maximum Gasteiger partial charge on any atom is 0.0969 e. The first-order valence-electron chi connectivity index (χ1n) is 9.56. The molecule has 0 aliphatic rings. The number of benzene rings is 2. The fourth-order valence-electron chi connectivity index (χ4n) is 2.54. The minimum absolute atomic E-state index is 0.122. The molecule has 0 saturated carbocycles. The molecular weight excluding hydrogens is 330 g/mol. The van der Waals surface area contributed by atoms with Crippen molar-refractivity contribution < 1.29 is 0 Å². The molecule has 2 rings (SSSR count). The third kappa shape index (κ3) is 10.1. The predicted molar refractivity (Wildman–Crippen MR) is 119 cm³/mol. The van der Waals surface area contributed by atoms with E-state index in [9.17, 15) is 0 Å². The van der Waals surface area contributed by atoms with Crippen LogP contribution in [-0.2, 0) is 0 Å². The van der Waals surface area contributed by atoms with Crippen LogP contribution in [-0.4, -0.2) is 25.1 Å². The summed E-state index contributed by atoms with van der Waals surface area (Å²) < 4.78 is 0. The summed E-state index contributed by atoms with van der Waals surface area (Å²) in [5.41, 5.74) is 8.37. The Bertz CT molecular complexity index is 731. The molecule has 0 heterocycles. The molecule has 0 fully saturated rings. The normalized spacial score (nSPS) is 13.4. The van der Waals surface area contributed by atoms with Crippen molar-refractivity contribution in [2.45, 2.75) is 31.8 Å². The lowest BCUT2D eigenvalue weighted by Gasteiger charge is -2.04. The van der Waals surface area contributed by atoms with Crippen molar-refractivity contribution in [1.82, 2.24) is 0 Å². The largest absolute Gasteiger partial charge is 0.310 e. The maximum atomic E-state index is 6.02. The van der Waals surface area contributed by atoms with Gasteiger partial charge in [-0.3, -0.25) is 9.98 Å². The second kappa shape index (κ2) is 13.4. The zero-order valence-electron chi connectivity index (χ0n) is 15.8. The van der Waals surface area contributed by atoms with Crippen molar-refractivity contribution in [3.8, 4) is 0 Å². The summed E-state index contributed by atoms with van der Waals surface area (Å²) in [6.07, 6.45) is 15.8. The number of hydrogen-bond donors (Lipinski definition) is 1. The molecule has 2 aromatic rings. The maximum absolute atomic E-state index is 6.02. The van der Waals surface area contributed by atoms with Crippen molar-refractivity contribution in [1.29, 1.82) is 0 Å². The quantitative estimate of drug-likeness (QED) is 0.424. The molecule has 27 heavy (non-hydrogen) atoms. The lowest BCUT2D eigenvalue weighted by Crippen LogP contribution is -2.16. The Morgan fingerprint density at radius 2 is 1.33 bits per heavy atom. The van der Waals surface area contributed by atoms with Crippen LogP contribution in [0.15, 0.2) is 82.8 Å². The van der Waals surface area contributed by atoms with Crippen LogP contribution >= 0.6 is 0 Å². The summed E-state index contributed by atoms with van der Waals surface area (Å²) >= 11 is 0. The topological polar surface area (TPSA) is 50.7 Å². The molecule has 1 atom stereocenters. The first-order chi connectivity index (χ1) is 13.3. The van der Waals surface area contributed by atoms with Crippen LogP contribution in [0.2, 0.25) is 0 Å². The van der Waals surface area contributed by atoms with Crippen LogP contribution in [0, 0.1) is 0 Å². The standard InChI is InChI=1S/C24H29N3/c25-24(27-21-11-17-23-14-6-2-7-15-23)18-8-3-9-19-26-20-10-16-22-12-4-1-5-13-22/h1-2,4-7,10-17,20-21,24H,3,8-9,18-19,25H2. The Kier molecular flexibility index (Phi) is 10.2. The lowest BCUT2D eigenvalue weighted by atomic mass is 10.1. The highest BCUT2D eigenvalue weighted by atomic mass is 14.9. The Hall–Kier alpha value is -2.78. The highest BCUT2D eigenvalue weighted by Gasteiger charge is 1.97. The molecule has 3 nitrogen and oxygen atoms in total. The first-order valence-corrected chi connectivity index (χ1v) is 9.56. The summed E-state index contributed by atoms with van der Waals surface area (Å²) in [5, 5.41) is 0. The molecule has 0 radical (unpaired) electrons. The molecule has 0 bridgehead atoms. The van der Waals surface area contributed by atoms with E-state index in [1.165, 1.54) is 5.56 Å². The molecule has 0 aliphatic carbocycles. The monoisotopic (exact) mass is 359 g/mol. The minimum Gasteiger partial charge on any atom is -0.310 e. The Morgan fingerprint density at radius 1 is 0.741 bits per heavy atom. The number of unbranched alkanes of at least 4 members (excludes halogenated alkanes) is 2. The number of hydrogen-bond acceptors (Lipinski definition) is 3. The number of nitrogens with two attached hydrogens (primary N) is 1. The Balaban J connectivity index is 1.51. The van der Waals surface area contributed by atoms with Crippen molar-refractivity contribution in [3.63, 3.8) is 0 Å². The second-order valence-corrected chi connectivity index (χ2v) is 6.31. The molecule has 2 aromatic carbocycles. The van der Waals surface area contributed by atoms with Crippen LogP contribution in [0.1, 0.15) is 36.8 Å². The van der Waals surface area contributed by atoms with Crippen LogP contribution < -0.4 is 5.73 Å². The fraction of sp³-hybridized carbons (Fsp3) is 0.250. The van der Waals surface area contributed by atoms with Crippen molar-refractivity contribution in [2.24, 2.45) is 15.7 Å². The SMILES string of the molecule is NC(CCCCCN=CC=Cc1ccccc1)N=CC=Cc1ccccc1. The number of rotatable bonds is 11. The highest BCUT2D eigenvalue weighted by molar-refractivity contribution is 5.78. The lowest BCUT2D eigenvalue weighted by molar-refractivity contribution is 0.571. The van der Waals surface area contributed by atoms with Gasteiger partial charge < -0.3 is 5.73 Å². The van der Waals surface area contributed by atoms with E-state index in [0.29, 0.717) is 0 Å². The van der Waals surface area contributed by atoms with Gasteiger partial charge in [0.2, 0.25) is 0 Å². The van der Waals surface area contributed by atoms with Gasteiger partial charge in [0.15, 0.2) is 0 Å². The molecule has 0 amide bonds. The number of nitrogens with zero attached hydrogens (tertiary/aromatic N) is 2. The number of aliphatic imine (C=N–C) groups is 2. The average Bonchev–Trinajstić information content (AvgIpc) is 2.71. The van der Waals surface area contributed by atoms with Gasteiger partial charge in [-0.25, -0.2) is 0 Å². The molecule has 0 aliphatic heterocycles. The van der Waals surface area contributed by atoms with E-state index in [1.807, 2.05) is 60.8 Å². The van der Waals surface area contributed by atoms with Gasteiger partial charge >= 0.3 is 0 Å². The van der Waals surface area contributed by atoms with Crippen molar-refractivity contribution in [2.75, 3.05) is 6.54 Å². The first kappa shape index (κ1) is 20.5. The Labute approximate surface area is 163 Å². The molecule has 0 saturated heterocycles. The van der Waals surface area contributed by atoms with E-state index in [4.69, 9.17) is 5.73 Å². The third-order valence-electron chi connectivity index (χ3n) is 4.02. The molecule has 140 valence electrons. The van der Waals surface area contributed by atoms with Gasteiger partial charge in [0.25, 0.3) is 0 Å². The molecular formula is C24H29N3. The average molecular weight is 360 g/mol. The van der Waals surface area contributed by atoms with Gasteiger partial charge in [-0.05, 0) is 42.5 Å². The van der Waals surface area contributed by atoms with Crippen LogP contribution in [0.4, 0.5) is 0 Å². The fourth-order valence-corrected chi connectivity index (χ4v) is 2.54. The molecule has 2 N–H and O–H groups in total. The highest BCUT2D eigenvalue weighted by Crippen LogP contribution is 2.04. The Morgan fingerprint density at radius 3 is 1.96 bits per heavy atom. The van der Waals surface area contributed by atoms with Gasteiger partial charge in [-0.2, -0.15) is 0 Å². The summed E-state index contributed by atoms with van der Waals surface area (Å²) in [5.74, 6) is 0. The molecule has 1 unspecified atom stereocenters. The minimum atomic E-state index is -0.122. The van der Waals surface area contributed by atoms with Gasteiger partial charge in [0.1, 0.15) is 0 Å². The zero-order valence-corrected chi connectivity index (χ0v) is 15.8. The molecule has 0 aromatic heterocycles. The predicted octanol–water partition coefficient (Wildman–Crippen LogP) is 5.40. The summed E-state index contributed by atoms with van der Waals surface area (Å²) in [6.45, 7) is 0.859. The molecule has 0 spiro atoms. The van der Waals surface area contributed by atoms with Gasteiger partial charge in [0.05, 0.1) is 6.17 Å². The smallest absolute Gasteiger partial charge is 0.0969 e. The van der Waals surface area contributed by atoms with E-state index < -0.39 is 0 Å². The zero-order chi connectivity index (χ0) is 19.0. The summed E-state index contributed by atoms with van der Waals surface area (Å²) in [4.78, 5) is 8.76. The van der Waals surface area contributed by atoms with E-state index in [1.54, 1.807) is 6.21 Å². The second-order valence-electron chi connectivity index (χ2n) is 6.31. The van der Waals surface area contributed by atoms with Gasteiger partial charge in [0, 0.05) is 19.0 Å². The van der Waals surface area contributed by atoms with E-state index in [-0.39, 0.29) is 6.17 Å². The summed E-state index contributed by atoms with van der Waals surface area (Å²) in [7, 11) is 0. The molecule has 3 heteroatoms. The van der Waals surface area contributed by atoms with E-state index in [2.05, 4.69) is 40.3 Å². The van der Waals surface area contributed by atoms with Crippen LogP contribution in [0.25, 0.3) is 12.2 Å². The summed E-state index contributed by atoms with van der Waals surface area (Å²) in [6, 6.07) is 20.4. The number of allylic oxidation sites excluding steroid dienone is 2.